The number of thiazole rings is 1. The van der Waals surface area contributed by atoms with Crippen molar-refractivity contribution in [1.82, 2.24) is 4.98 Å². The van der Waals surface area contributed by atoms with Crippen molar-refractivity contribution in [1.29, 1.82) is 0 Å². The molecule has 0 aliphatic carbocycles. The zero-order valence-corrected chi connectivity index (χ0v) is 11.4. The Morgan fingerprint density at radius 3 is 2.26 bits per heavy atom. The molecule has 1 N–H and O–H groups in total. The summed E-state index contributed by atoms with van der Waals surface area (Å²) in [4.78, 5) is 5.43. The Bertz CT molecular complexity index is 692. The third kappa shape index (κ3) is 2.48. The molecule has 0 atom stereocenters. The minimum atomic E-state index is 0.242. The first-order valence-corrected chi connectivity index (χ1v) is 6.94. The van der Waals surface area contributed by atoms with Gasteiger partial charge in [0.05, 0.1) is 10.6 Å². The number of hydrogen-bond acceptors (Lipinski definition) is 3. The first kappa shape index (κ1) is 12.2. The van der Waals surface area contributed by atoms with E-state index in [-0.39, 0.29) is 5.75 Å². The molecule has 0 unspecified atom stereocenters. The van der Waals surface area contributed by atoms with Gasteiger partial charge in [0.25, 0.3) is 0 Å². The molecule has 0 saturated carbocycles. The fourth-order valence-corrected chi connectivity index (χ4v) is 3.03. The van der Waals surface area contributed by atoms with Crippen LogP contribution in [0.5, 0.6) is 5.75 Å². The van der Waals surface area contributed by atoms with Gasteiger partial charge in [-0.25, -0.2) is 4.98 Å². The van der Waals surface area contributed by atoms with E-state index in [9.17, 15) is 5.11 Å². The average molecular weight is 288 g/mol. The quantitative estimate of drug-likeness (QED) is 0.732. The van der Waals surface area contributed by atoms with E-state index in [2.05, 4.69) is 4.98 Å². The molecule has 0 spiro atoms. The molecular formula is C15H10ClNOS. The molecule has 0 aliphatic heterocycles. The molecule has 0 amide bonds. The van der Waals surface area contributed by atoms with E-state index in [1.54, 1.807) is 12.1 Å². The number of nitrogens with zero attached hydrogens (tertiary/aromatic N) is 1. The van der Waals surface area contributed by atoms with Gasteiger partial charge in [0.1, 0.15) is 5.75 Å². The van der Waals surface area contributed by atoms with Gasteiger partial charge in [0.2, 0.25) is 0 Å². The highest BCUT2D eigenvalue weighted by Gasteiger charge is 2.13. The molecule has 0 aliphatic rings. The van der Waals surface area contributed by atoms with Crippen LogP contribution < -0.4 is 0 Å². The van der Waals surface area contributed by atoms with Gasteiger partial charge in [0, 0.05) is 5.56 Å². The van der Waals surface area contributed by atoms with E-state index in [1.807, 2.05) is 42.5 Å². The zero-order valence-electron chi connectivity index (χ0n) is 9.88. The van der Waals surface area contributed by atoms with E-state index in [4.69, 9.17) is 11.6 Å². The first-order chi connectivity index (χ1) is 9.24. The van der Waals surface area contributed by atoms with E-state index in [0.29, 0.717) is 4.47 Å². The summed E-state index contributed by atoms with van der Waals surface area (Å²) in [5.41, 5.74) is 2.89. The van der Waals surface area contributed by atoms with Crippen LogP contribution >= 0.6 is 22.9 Å². The highest BCUT2D eigenvalue weighted by Crippen LogP contribution is 2.38. The van der Waals surface area contributed by atoms with E-state index < -0.39 is 0 Å². The molecule has 2 nitrogen and oxygen atoms in total. The standard InChI is InChI=1S/C15H10ClNOS/c16-15-17-13(10-6-8-12(18)9-7-10)14(19-15)11-4-2-1-3-5-11/h1-9,18H. The second-order valence-corrected chi connectivity index (χ2v) is 5.64. The van der Waals surface area contributed by atoms with Crippen molar-refractivity contribution in [2.24, 2.45) is 0 Å². The number of aromatic hydroxyl groups is 1. The maximum Gasteiger partial charge on any atom is 0.184 e. The summed E-state index contributed by atoms with van der Waals surface area (Å²) in [7, 11) is 0. The molecule has 1 aromatic heterocycles. The summed E-state index contributed by atoms with van der Waals surface area (Å²) in [6.45, 7) is 0. The normalized spacial score (nSPS) is 10.6. The van der Waals surface area contributed by atoms with Gasteiger partial charge in [-0.2, -0.15) is 0 Å². The Kier molecular flexibility index (Phi) is 3.23. The van der Waals surface area contributed by atoms with Gasteiger partial charge in [-0.3, -0.25) is 0 Å². The molecule has 19 heavy (non-hydrogen) atoms. The fraction of sp³-hybridized carbons (Fsp3) is 0. The maximum atomic E-state index is 9.35. The Balaban J connectivity index is 2.15. The summed E-state index contributed by atoms with van der Waals surface area (Å²) in [5.74, 6) is 0.242. The molecule has 4 heteroatoms. The van der Waals surface area contributed by atoms with Gasteiger partial charge in [-0.1, -0.05) is 41.9 Å². The number of halogens is 1. The Labute approximate surface area is 120 Å². The number of phenolic OH excluding ortho intramolecular Hbond substituents is 1. The van der Waals surface area contributed by atoms with Gasteiger partial charge in [-0.15, -0.1) is 11.3 Å². The van der Waals surface area contributed by atoms with Crippen molar-refractivity contribution < 1.29 is 5.11 Å². The molecule has 3 aromatic rings. The molecule has 0 fully saturated rings. The van der Waals surface area contributed by atoms with Gasteiger partial charge in [0.15, 0.2) is 4.47 Å². The highest BCUT2D eigenvalue weighted by atomic mass is 35.5. The van der Waals surface area contributed by atoms with Crippen molar-refractivity contribution in [3.63, 3.8) is 0 Å². The van der Waals surface area contributed by atoms with Gasteiger partial charge < -0.3 is 5.11 Å². The second-order valence-electron chi connectivity index (χ2n) is 4.06. The molecule has 0 saturated heterocycles. The third-order valence-corrected chi connectivity index (χ3v) is 3.99. The summed E-state index contributed by atoms with van der Waals surface area (Å²) >= 11 is 7.51. The van der Waals surface area contributed by atoms with Crippen LogP contribution in [-0.4, -0.2) is 10.1 Å². The van der Waals surface area contributed by atoms with Crippen LogP contribution in [0.15, 0.2) is 54.6 Å². The predicted molar refractivity (Wildman–Crippen MR) is 79.7 cm³/mol. The van der Waals surface area contributed by atoms with Crippen LogP contribution in [0.3, 0.4) is 0 Å². The van der Waals surface area contributed by atoms with Crippen LogP contribution in [-0.2, 0) is 0 Å². The number of aromatic nitrogens is 1. The smallest absolute Gasteiger partial charge is 0.184 e. The van der Waals surface area contributed by atoms with Crippen molar-refractivity contribution >= 4 is 22.9 Å². The molecule has 2 aromatic carbocycles. The average Bonchev–Trinajstić information content (AvgIpc) is 2.83. The van der Waals surface area contributed by atoms with Gasteiger partial charge >= 0.3 is 0 Å². The molecule has 1 heterocycles. The van der Waals surface area contributed by atoms with Crippen molar-refractivity contribution in [2.45, 2.75) is 0 Å². The van der Waals surface area contributed by atoms with Crippen LogP contribution in [0.4, 0.5) is 0 Å². The number of rotatable bonds is 2. The largest absolute Gasteiger partial charge is 0.508 e. The van der Waals surface area contributed by atoms with Crippen molar-refractivity contribution in [3.8, 4) is 27.4 Å². The topological polar surface area (TPSA) is 33.1 Å². The highest BCUT2D eigenvalue weighted by molar-refractivity contribution is 7.19. The lowest BCUT2D eigenvalue weighted by atomic mass is 10.1. The molecule has 0 radical (unpaired) electrons. The van der Waals surface area contributed by atoms with Gasteiger partial charge in [-0.05, 0) is 29.8 Å². The van der Waals surface area contributed by atoms with Crippen LogP contribution in [0.1, 0.15) is 0 Å². The minimum absolute atomic E-state index is 0.242. The van der Waals surface area contributed by atoms with Crippen LogP contribution in [0, 0.1) is 0 Å². The predicted octanol–water partition coefficient (Wildman–Crippen LogP) is 4.84. The molecular weight excluding hydrogens is 278 g/mol. The molecule has 0 bridgehead atoms. The SMILES string of the molecule is Oc1ccc(-c2nc(Cl)sc2-c2ccccc2)cc1. The molecule has 94 valence electrons. The number of hydrogen-bond donors (Lipinski definition) is 1. The van der Waals surface area contributed by atoms with Crippen molar-refractivity contribution in [2.75, 3.05) is 0 Å². The lowest BCUT2D eigenvalue weighted by molar-refractivity contribution is 0.475. The molecule has 3 rings (SSSR count). The minimum Gasteiger partial charge on any atom is -0.508 e. The van der Waals surface area contributed by atoms with Crippen LogP contribution in [0.2, 0.25) is 4.47 Å². The lowest BCUT2D eigenvalue weighted by Crippen LogP contribution is -1.81. The summed E-state index contributed by atoms with van der Waals surface area (Å²) < 4.78 is 0.516. The Hall–Kier alpha value is -1.84. The van der Waals surface area contributed by atoms with E-state index >= 15 is 0 Å². The zero-order chi connectivity index (χ0) is 13.2. The van der Waals surface area contributed by atoms with Crippen LogP contribution in [0.25, 0.3) is 21.7 Å². The summed E-state index contributed by atoms with van der Waals surface area (Å²) in [6.07, 6.45) is 0. The van der Waals surface area contributed by atoms with E-state index in [0.717, 1.165) is 21.7 Å². The number of benzene rings is 2. The second kappa shape index (κ2) is 5.03. The monoisotopic (exact) mass is 287 g/mol. The third-order valence-electron chi connectivity index (χ3n) is 2.78. The first-order valence-electron chi connectivity index (χ1n) is 5.75. The maximum absolute atomic E-state index is 9.35. The van der Waals surface area contributed by atoms with E-state index in [1.165, 1.54) is 11.3 Å². The summed E-state index contributed by atoms with van der Waals surface area (Å²) in [5, 5.41) is 9.35. The number of phenols is 1. The van der Waals surface area contributed by atoms with Crippen molar-refractivity contribution in [3.05, 3.63) is 59.1 Å². The Morgan fingerprint density at radius 1 is 0.895 bits per heavy atom. The fourth-order valence-electron chi connectivity index (χ4n) is 1.89. The Morgan fingerprint density at radius 2 is 1.58 bits per heavy atom. The summed E-state index contributed by atoms with van der Waals surface area (Å²) in [6, 6.07) is 17.0. The lowest BCUT2D eigenvalue weighted by Gasteiger charge is -2.02.